The van der Waals surface area contributed by atoms with Crippen LogP contribution in [0.5, 0.6) is 5.75 Å². The van der Waals surface area contributed by atoms with Gasteiger partial charge in [0.25, 0.3) is 0 Å². The number of carbonyl (C=O) groups is 1. The SMILES string of the molecule is CCC(=O)N1CCCn2nc(-c3cccc(OC)c3)cc2C1. The van der Waals surface area contributed by atoms with Gasteiger partial charge in [0.05, 0.1) is 25.0 Å². The van der Waals surface area contributed by atoms with E-state index in [1.165, 1.54) is 0 Å². The summed E-state index contributed by atoms with van der Waals surface area (Å²) in [6.07, 6.45) is 1.49. The molecule has 1 aliphatic rings. The fourth-order valence-corrected chi connectivity index (χ4v) is 2.82. The molecule has 1 aromatic heterocycles. The second kappa shape index (κ2) is 6.22. The summed E-state index contributed by atoms with van der Waals surface area (Å²) in [5.41, 5.74) is 3.06. The monoisotopic (exact) mass is 299 g/mol. The summed E-state index contributed by atoms with van der Waals surface area (Å²) >= 11 is 0. The van der Waals surface area contributed by atoms with Crippen molar-refractivity contribution in [3.63, 3.8) is 0 Å². The molecule has 2 aromatic rings. The van der Waals surface area contributed by atoms with Gasteiger partial charge < -0.3 is 9.64 Å². The lowest BCUT2D eigenvalue weighted by Gasteiger charge is -2.18. The van der Waals surface area contributed by atoms with Crippen LogP contribution in [0.4, 0.5) is 0 Å². The van der Waals surface area contributed by atoms with Crippen LogP contribution in [0, 0.1) is 0 Å². The van der Waals surface area contributed by atoms with E-state index in [9.17, 15) is 4.79 Å². The Morgan fingerprint density at radius 3 is 2.95 bits per heavy atom. The van der Waals surface area contributed by atoms with Gasteiger partial charge in [0.15, 0.2) is 0 Å². The highest BCUT2D eigenvalue weighted by atomic mass is 16.5. The summed E-state index contributed by atoms with van der Waals surface area (Å²) in [6, 6.07) is 9.98. The number of hydrogen-bond acceptors (Lipinski definition) is 3. The zero-order valence-electron chi connectivity index (χ0n) is 13.1. The lowest BCUT2D eigenvalue weighted by Crippen LogP contribution is -2.29. The van der Waals surface area contributed by atoms with E-state index >= 15 is 0 Å². The normalized spacial score (nSPS) is 14.4. The Labute approximate surface area is 130 Å². The second-order valence-corrected chi connectivity index (χ2v) is 5.50. The largest absolute Gasteiger partial charge is 0.497 e. The van der Waals surface area contributed by atoms with Gasteiger partial charge in [-0.05, 0) is 24.6 Å². The first-order valence-electron chi connectivity index (χ1n) is 7.70. The summed E-state index contributed by atoms with van der Waals surface area (Å²) in [7, 11) is 1.66. The van der Waals surface area contributed by atoms with Crippen LogP contribution < -0.4 is 4.74 Å². The molecule has 0 aliphatic carbocycles. The predicted octanol–water partition coefficient (Wildman–Crippen LogP) is 2.70. The van der Waals surface area contributed by atoms with Crippen LogP contribution >= 0.6 is 0 Å². The Kier molecular flexibility index (Phi) is 4.13. The third-order valence-corrected chi connectivity index (χ3v) is 4.03. The number of carbonyl (C=O) groups excluding carboxylic acids is 1. The molecule has 0 N–H and O–H groups in total. The summed E-state index contributed by atoms with van der Waals surface area (Å²) < 4.78 is 7.30. The Morgan fingerprint density at radius 2 is 2.18 bits per heavy atom. The summed E-state index contributed by atoms with van der Waals surface area (Å²) in [5, 5.41) is 4.70. The zero-order valence-corrected chi connectivity index (χ0v) is 13.1. The van der Waals surface area contributed by atoms with Gasteiger partial charge in [-0.3, -0.25) is 9.48 Å². The molecule has 2 heterocycles. The topological polar surface area (TPSA) is 47.4 Å². The summed E-state index contributed by atoms with van der Waals surface area (Å²) in [4.78, 5) is 13.9. The highest BCUT2D eigenvalue weighted by Gasteiger charge is 2.20. The van der Waals surface area contributed by atoms with Gasteiger partial charge in [-0.1, -0.05) is 19.1 Å². The number of amides is 1. The van der Waals surface area contributed by atoms with Gasteiger partial charge in [-0.2, -0.15) is 5.10 Å². The van der Waals surface area contributed by atoms with E-state index in [2.05, 4.69) is 6.07 Å². The fourth-order valence-electron chi connectivity index (χ4n) is 2.82. The number of aromatic nitrogens is 2. The van der Waals surface area contributed by atoms with Crippen LogP contribution in [0.1, 0.15) is 25.5 Å². The number of aryl methyl sites for hydroxylation is 1. The average molecular weight is 299 g/mol. The third-order valence-electron chi connectivity index (χ3n) is 4.03. The van der Waals surface area contributed by atoms with Crippen molar-refractivity contribution in [2.75, 3.05) is 13.7 Å². The van der Waals surface area contributed by atoms with Crippen molar-refractivity contribution in [1.82, 2.24) is 14.7 Å². The van der Waals surface area contributed by atoms with Crippen molar-refractivity contribution in [2.45, 2.75) is 32.9 Å². The highest BCUT2D eigenvalue weighted by molar-refractivity contribution is 5.75. The molecule has 5 nitrogen and oxygen atoms in total. The van der Waals surface area contributed by atoms with E-state index in [1.807, 2.05) is 40.8 Å². The van der Waals surface area contributed by atoms with E-state index in [4.69, 9.17) is 9.84 Å². The number of fused-ring (bicyclic) bond motifs is 1. The Bertz CT molecular complexity index is 678. The molecule has 0 bridgehead atoms. The average Bonchev–Trinajstić information content (AvgIpc) is 2.86. The zero-order chi connectivity index (χ0) is 15.5. The first-order chi connectivity index (χ1) is 10.7. The number of nitrogens with zero attached hydrogens (tertiary/aromatic N) is 3. The van der Waals surface area contributed by atoms with Gasteiger partial charge in [-0.15, -0.1) is 0 Å². The second-order valence-electron chi connectivity index (χ2n) is 5.50. The molecular weight excluding hydrogens is 278 g/mol. The van der Waals surface area contributed by atoms with Crippen LogP contribution in [0.3, 0.4) is 0 Å². The fraction of sp³-hybridized carbons (Fsp3) is 0.412. The molecular formula is C17H21N3O2. The molecule has 0 spiro atoms. The van der Waals surface area contributed by atoms with Crippen molar-refractivity contribution in [3.8, 4) is 17.0 Å². The van der Waals surface area contributed by atoms with Gasteiger partial charge in [0.2, 0.25) is 5.91 Å². The van der Waals surface area contributed by atoms with Crippen molar-refractivity contribution in [1.29, 1.82) is 0 Å². The van der Waals surface area contributed by atoms with Crippen LogP contribution in [0.25, 0.3) is 11.3 Å². The highest BCUT2D eigenvalue weighted by Crippen LogP contribution is 2.25. The molecule has 1 aliphatic heterocycles. The van der Waals surface area contributed by atoms with Crippen LogP contribution in [0.15, 0.2) is 30.3 Å². The molecule has 0 unspecified atom stereocenters. The minimum absolute atomic E-state index is 0.206. The molecule has 22 heavy (non-hydrogen) atoms. The minimum atomic E-state index is 0.206. The maximum atomic E-state index is 12.0. The molecule has 3 rings (SSSR count). The number of benzene rings is 1. The van der Waals surface area contributed by atoms with Crippen molar-refractivity contribution in [2.24, 2.45) is 0 Å². The third kappa shape index (κ3) is 2.84. The molecule has 0 saturated heterocycles. The molecule has 0 fully saturated rings. The molecule has 116 valence electrons. The van der Waals surface area contributed by atoms with Crippen molar-refractivity contribution in [3.05, 3.63) is 36.0 Å². The Hall–Kier alpha value is -2.30. The first-order valence-corrected chi connectivity index (χ1v) is 7.70. The van der Waals surface area contributed by atoms with Gasteiger partial charge >= 0.3 is 0 Å². The lowest BCUT2D eigenvalue weighted by molar-refractivity contribution is -0.131. The molecule has 5 heteroatoms. The molecule has 0 radical (unpaired) electrons. The first kappa shape index (κ1) is 14.6. The smallest absolute Gasteiger partial charge is 0.222 e. The molecule has 0 atom stereocenters. The molecule has 1 aromatic carbocycles. The van der Waals surface area contributed by atoms with Gasteiger partial charge in [0, 0.05) is 25.1 Å². The Morgan fingerprint density at radius 1 is 1.32 bits per heavy atom. The van der Waals surface area contributed by atoms with Crippen molar-refractivity contribution >= 4 is 5.91 Å². The summed E-state index contributed by atoms with van der Waals surface area (Å²) in [6.45, 7) is 4.22. The number of hydrogen-bond donors (Lipinski definition) is 0. The summed E-state index contributed by atoms with van der Waals surface area (Å²) in [5.74, 6) is 1.03. The maximum Gasteiger partial charge on any atom is 0.222 e. The van der Waals surface area contributed by atoms with Crippen LogP contribution in [-0.4, -0.2) is 34.2 Å². The Balaban J connectivity index is 1.90. The van der Waals surface area contributed by atoms with E-state index in [0.717, 1.165) is 42.2 Å². The minimum Gasteiger partial charge on any atom is -0.497 e. The quantitative estimate of drug-likeness (QED) is 0.875. The number of rotatable bonds is 3. The van der Waals surface area contributed by atoms with E-state index < -0.39 is 0 Å². The van der Waals surface area contributed by atoms with Crippen LogP contribution in [0.2, 0.25) is 0 Å². The predicted molar refractivity (Wildman–Crippen MR) is 84.5 cm³/mol. The molecule has 0 saturated carbocycles. The van der Waals surface area contributed by atoms with E-state index in [-0.39, 0.29) is 5.91 Å². The number of methoxy groups -OCH3 is 1. The van der Waals surface area contributed by atoms with Crippen molar-refractivity contribution < 1.29 is 9.53 Å². The lowest BCUT2D eigenvalue weighted by atomic mass is 10.1. The van der Waals surface area contributed by atoms with E-state index in [1.54, 1.807) is 7.11 Å². The standard InChI is InChI=1S/C17H21N3O2/c1-3-17(21)19-8-5-9-20-14(12-19)11-16(18-20)13-6-4-7-15(10-13)22-2/h4,6-7,10-11H,3,5,8-9,12H2,1-2H3. The van der Waals surface area contributed by atoms with Gasteiger partial charge in [-0.25, -0.2) is 0 Å². The number of ether oxygens (including phenoxy) is 1. The van der Waals surface area contributed by atoms with E-state index in [0.29, 0.717) is 13.0 Å². The maximum absolute atomic E-state index is 12.0. The van der Waals surface area contributed by atoms with Crippen LogP contribution in [-0.2, 0) is 17.9 Å². The van der Waals surface area contributed by atoms with Gasteiger partial charge in [0.1, 0.15) is 5.75 Å². The molecule has 1 amide bonds.